The molecule has 0 radical (unpaired) electrons. The van der Waals surface area contributed by atoms with E-state index in [0.717, 1.165) is 40.2 Å². The van der Waals surface area contributed by atoms with Crippen LogP contribution in [0.15, 0.2) is 85.1 Å². The van der Waals surface area contributed by atoms with Crippen molar-refractivity contribution in [1.29, 1.82) is 0 Å². The monoisotopic (exact) mass is 468 g/mol. The molecule has 0 bridgehead atoms. The zero-order valence-electron chi connectivity index (χ0n) is 20.5. The maximum absolute atomic E-state index is 12.9. The minimum absolute atomic E-state index is 0.135. The van der Waals surface area contributed by atoms with Crippen molar-refractivity contribution < 1.29 is 14.6 Å². The van der Waals surface area contributed by atoms with Gasteiger partial charge in [-0.3, -0.25) is 4.79 Å². The lowest BCUT2D eigenvalue weighted by atomic mass is 10.0. The second-order valence-electron chi connectivity index (χ2n) is 9.17. The number of nitrogens with zero attached hydrogens (tertiary/aromatic N) is 1. The molecule has 35 heavy (non-hydrogen) atoms. The fraction of sp³-hybridized carbons (Fsp3) is 0.233. The number of rotatable bonds is 9. The number of carbonyl (C=O) groups is 1. The summed E-state index contributed by atoms with van der Waals surface area (Å²) in [5.74, 6) is 1.54. The molecule has 0 aliphatic carbocycles. The van der Waals surface area contributed by atoms with Crippen LogP contribution in [0.2, 0.25) is 0 Å². The first-order valence-electron chi connectivity index (χ1n) is 12.0. The largest absolute Gasteiger partial charge is 0.507 e. The number of para-hydroxylation sites is 1. The van der Waals surface area contributed by atoms with Crippen molar-refractivity contribution in [2.24, 2.45) is 5.92 Å². The van der Waals surface area contributed by atoms with E-state index in [1.165, 1.54) is 0 Å². The van der Waals surface area contributed by atoms with E-state index < -0.39 is 0 Å². The summed E-state index contributed by atoms with van der Waals surface area (Å²) >= 11 is 0. The van der Waals surface area contributed by atoms with Crippen LogP contribution in [0.1, 0.15) is 41.9 Å². The third-order valence-electron chi connectivity index (χ3n) is 6.08. The van der Waals surface area contributed by atoms with Crippen molar-refractivity contribution in [2.75, 3.05) is 11.9 Å². The maximum atomic E-state index is 12.9. The number of hydrogen-bond acceptors (Lipinski definition) is 3. The van der Waals surface area contributed by atoms with E-state index in [9.17, 15) is 9.90 Å². The lowest BCUT2D eigenvalue weighted by Crippen LogP contribution is -2.13. The van der Waals surface area contributed by atoms with Crippen LogP contribution in [0.4, 0.5) is 5.69 Å². The summed E-state index contributed by atoms with van der Waals surface area (Å²) in [5, 5.41) is 13.1. The Morgan fingerprint density at radius 3 is 2.37 bits per heavy atom. The molecule has 1 amide bonds. The smallest absolute Gasteiger partial charge is 0.257 e. The van der Waals surface area contributed by atoms with Crippen molar-refractivity contribution in [2.45, 2.75) is 33.7 Å². The van der Waals surface area contributed by atoms with Crippen molar-refractivity contribution in [3.8, 4) is 22.6 Å². The minimum Gasteiger partial charge on any atom is -0.507 e. The normalized spacial score (nSPS) is 11.0. The van der Waals surface area contributed by atoms with E-state index in [2.05, 4.69) is 23.7 Å². The molecule has 1 aromatic heterocycles. The number of benzene rings is 3. The van der Waals surface area contributed by atoms with Gasteiger partial charge in [-0.1, -0.05) is 56.3 Å². The summed E-state index contributed by atoms with van der Waals surface area (Å²) in [6.45, 7) is 7.64. The average Bonchev–Trinajstić information content (AvgIpc) is 3.21. The molecule has 180 valence electrons. The van der Waals surface area contributed by atoms with Gasteiger partial charge in [0.15, 0.2) is 0 Å². The fourth-order valence-electron chi connectivity index (χ4n) is 3.91. The molecule has 0 atom stereocenters. The average molecular weight is 469 g/mol. The zero-order valence-corrected chi connectivity index (χ0v) is 20.5. The standard InChI is InChI=1S/C30H32N2O3/c1-21(2)17-19-35-26-14-12-25(13-15-26)31-30(34)27-16-18-32(22(27)3)20-23-8-10-24(11-9-23)28-6-4-5-7-29(28)33/h4-16,18,21,33H,17,19-20H2,1-3H3,(H,31,34). The molecule has 4 rings (SSSR count). The Kier molecular flexibility index (Phi) is 7.56. The predicted octanol–water partition coefficient (Wildman–Crippen LogP) is 6.89. The van der Waals surface area contributed by atoms with Gasteiger partial charge < -0.3 is 19.7 Å². The van der Waals surface area contributed by atoms with Gasteiger partial charge >= 0.3 is 0 Å². The highest BCUT2D eigenvalue weighted by Gasteiger charge is 2.14. The number of aromatic nitrogens is 1. The van der Waals surface area contributed by atoms with Crippen LogP contribution in [0.25, 0.3) is 11.1 Å². The molecule has 0 aliphatic heterocycles. The van der Waals surface area contributed by atoms with Crippen LogP contribution in [0.3, 0.4) is 0 Å². The molecule has 5 heteroatoms. The van der Waals surface area contributed by atoms with Crippen molar-refractivity contribution in [3.63, 3.8) is 0 Å². The van der Waals surface area contributed by atoms with Crippen LogP contribution < -0.4 is 10.1 Å². The second-order valence-corrected chi connectivity index (χ2v) is 9.17. The van der Waals surface area contributed by atoms with E-state index in [1.54, 1.807) is 6.07 Å². The number of hydrogen-bond donors (Lipinski definition) is 2. The summed E-state index contributed by atoms with van der Waals surface area (Å²) in [6.07, 6.45) is 2.95. The SMILES string of the molecule is Cc1c(C(=O)Nc2ccc(OCCC(C)C)cc2)ccn1Cc1ccc(-c2ccccc2O)cc1. The summed E-state index contributed by atoms with van der Waals surface area (Å²) < 4.78 is 7.82. The van der Waals surface area contributed by atoms with Crippen LogP contribution in [-0.2, 0) is 6.54 Å². The molecule has 0 saturated heterocycles. The molecule has 0 unspecified atom stereocenters. The summed E-state index contributed by atoms with van der Waals surface area (Å²) in [7, 11) is 0. The third kappa shape index (κ3) is 6.12. The quantitative estimate of drug-likeness (QED) is 0.281. The van der Waals surface area contributed by atoms with Gasteiger partial charge in [-0.2, -0.15) is 0 Å². The molecular weight excluding hydrogens is 436 g/mol. The van der Waals surface area contributed by atoms with Gasteiger partial charge in [-0.05, 0) is 66.8 Å². The van der Waals surface area contributed by atoms with Crippen LogP contribution >= 0.6 is 0 Å². The number of aromatic hydroxyl groups is 1. The van der Waals surface area contributed by atoms with Gasteiger partial charge in [-0.15, -0.1) is 0 Å². The summed E-state index contributed by atoms with van der Waals surface area (Å²) in [6, 6.07) is 24.8. The van der Waals surface area contributed by atoms with Gasteiger partial charge in [-0.25, -0.2) is 0 Å². The maximum Gasteiger partial charge on any atom is 0.257 e. The lowest BCUT2D eigenvalue weighted by molar-refractivity contribution is 0.102. The highest BCUT2D eigenvalue weighted by atomic mass is 16.5. The Bertz CT molecular complexity index is 1270. The molecule has 0 spiro atoms. The number of amides is 1. The van der Waals surface area contributed by atoms with E-state index in [0.29, 0.717) is 24.6 Å². The molecular formula is C30H32N2O3. The molecule has 5 nitrogen and oxygen atoms in total. The van der Waals surface area contributed by atoms with Gasteiger partial charge in [0.1, 0.15) is 11.5 Å². The highest BCUT2D eigenvalue weighted by molar-refractivity contribution is 6.05. The Morgan fingerprint density at radius 2 is 1.69 bits per heavy atom. The molecule has 2 N–H and O–H groups in total. The van der Waals surface area contributed by atoms with E-state index in [1.807, 2.05) is 85.9 Å². The van der Waals surface area contributed by atoms with Crippen molar-refractivity contribution in [1.82, 2.24) is 4.57 Å². The van der Waals surface area contributed by atoms with Gasteiger partial charge in [0, 0.05) is 29.7 Å². The van der Waals surface area contributed by atoms with Gasteiger partial charge in [0.2, 0.25) is 0 Å². The Balaban J connectivity index is 1.38. The Hall–Kier alpha value is -3.99. The van der Waals surface area contributed by atoms with Gasteiger partial charge in [0.25, 0.3) is 5.91 Å². The Morgan fingerprint density at radius 1 is 0.971 bits per heavy atom. The molecule has 4 aromatic rings. The van der Waals surface area contributed by atoms with Crippen molar-refractivity contribution >= 4 is 11.6 Å². The van der Waals surface area contributed by atoms with E-state index >= 15 is 0 Å². The number of anilines is 1. The highest BCUT2D eigenvalue weighted by Crippen LogP contribution is 2.29. The molecule has 1 heterocycles. The minimum atomic E-state index is -0.135. The lowest BCUT2D eigenvalue weighted by Gasteiger charge is -2.11. The first-order valence-corrected chi connectivity index (χ1v) is 12.0. The number of carbonyl (C=O) groups excluding carboxylic acids is 1. The van der Waals surface area contributed by atoms with E-state index in [-0.39, 0.29) is 11.7 Å². The van der Waals surface area contributed by atoms with E-state index in [4.69, 9.17) is 4.74 Å². The molecule has 0 aliphatic rings. The first-order chi connectivity index (χ1) is 16.9. The Labute approximate surface area is 207 Å². The van der Waals surface area contributed by atoms with Crippen LogP contribution in [0.5, 0.6) is 11.5 Å². The third-order valence-corrected chi connectivity index (χ3v) is 6.08. The topological polar surface area (TPSA) is 63.5 Å². The first kappa shape index (κ1) is 24.1. The summed E-state index contributed by atoms with van der Waals surface area (Å²) in [4.78, 5) is 12.9. The number of ether oxygens (including phenoxy) is 1. The summed E-state index contributed by atoms with van der Waals surface area (Å²) in [5.41, 5.74) is 5.17. The number of nitrogens with one attached hydrogen (secondary N) is 1. The van der Waals surface area contributed by atoms with Crippen LogP contribution in [0, 0.1) is 12.8 Å². The number of phenols is 1. The fourth-order valence-corrected chi connectivity index (χ4v) is 3.91. The zero-order chi connectivity index (χ0) is 24.8. The molecule has 0 fully saturated rings. The van der Waals surface area contributed by atoms with Gasteiger partial charge in [0.05, 0.1) is 12.2 Å². The predicted molar refractivity (Wildman–Crippen MR) is 141 cm³/mol. The molecule has 0 saturated carbocycles. The number of phenolic OH excluding ortho intramolecular Hbond substituents is 1. The molecule has 3 aromatic carbocycles. The van der Waals surface area contributed by atoms with Crippen molar-refractivity contribution in [3.05, 3.63) is 102 Å². The second kappa shape index (κ2) is 11.0. The van der Waals surface area contributed by atoms with Crippen LogP contribution in [-0.4, -0.2) is 22.2 Å².